The maximum absolute atomic E-state index is 10.7. The molecule has 0 radical (unpaired) electrons. The van der Waals surface area contributed by atoms with Gasteiger partial charge in [0, 0.05) is 31.1 Å². The number of benzene rings is 1. The van der Waals surface area contributed by atoms with Crippen molar-refractivity contribution in [1.82, 2.24) is 20.2 Å². The second-order valence-electron chi connectivity index (χ2n) is 8.03. The highest BCUT2D eigenvalue weighted by atomic mass is 16.3. The van der Waals surface area contributed by atoms with Gasteiger partial charge < -0.3 is 15.1 Å². The monoisotopic (exact) mass is 377 g/mol. The van der Waals surface area contributed by atoms with E-state index in [0.717, 1.165) is 25.1 Å². The first kappa shape index (κ1) is 17.3. The lowest BCUT2D eigenvalue weighted by Crippen LogP contribution is -2.48. The molecule has 144 valence electrons. The Labute approximate surface area is 163 Å². The lowest BCUT2D eigenvalue weighted by atomic mass is 9.82. The number of aromatic hydroxyl groups is 1. The molecule has 0 aliphatic heterocycles. The molecule has 5 rings (SSSR count). The van der Waals surface area contributed by atoms with Crippen molar-refractivity contribution in [2.24, 2.45) is 11.8 Å². The molecule has 2 aromatic heterocycles. The summed E-state index contributed by atoms with van der Waals surface area (Å²) in [5.41, 5.74) is 2.48. The number of phenolic OH excluding ortho intramolecular Hbond substituents is 1. The number of aliphatic hydroxyl groups is 1. The molecule has 3 aromatic rings. The fourth-order valence-electron chi connectivity index (χ4n) is 4.85. The maximum atomic E-state index is 10.7. The number of rotatable bonds is 3. The molecule has 4 atom stereocenters. The van der Waals surface area contributed by atoms with Gasteiger partial charge in [-0.05, 0) is 55.7 Å². The molecule has 1 aromatic carbocycles. The first-order valence-corrected chi connectivity index (χ1v) is 9.79. The Morgan fingerprint density at radius 1 is 1.00 bits per heavy atom. The van der Waals surface area contributed by atoms with Crippen molar-refractivity contribution >= 4 is 16.9 Å². The number of nitrogens with zero attached hydrogens (tertiary/aromatic N) is 5. The third-order valence-corrected chi connectivity index (χ3v) is 6.41. The highest BCUT2D eigenvalue weighted by molar-refractivity contribution is 5.84. The summed E-state index contributed by atoms with van der Waals surface area (Å²) in [5.74, 6) is 1.95. The topological polar surface area (TPSA) is 95.3 Å². The van der Waals surface area contributed by atoms with Crippen molar-refractivity contribution in [1.29, 1.82) is 0 Å². The normalized spacial score (nSPS) is 26.5. The van der Waals surface area contributed by atoms with Crippen molar-refractivity contribution < 1.29 is 10.2 Å². The third kappa shape index (κ3) is 2.86. The van der Waals surface area contributed by atoms with E-state index in [1.807, 2.05) is 19.2 Å². The Kier molecular flexibility index (Phi) is 4.12. The van der Waals surface area contributed by atoms with Gasteiger partial charge in [-0.1, -0.05) is 0 Å². The van der Waals surface area contributed by atoms with Crippen molar-refractivity contribution in [3.8, 4) is 17.0 Å². The van der Waals surface area contributed by atoms with Gasteiger partial charge in [0.1, 0.15) is 5.75 Å². The molecular formula is C21H23N5O2. The third-order valence-electron chi connectivity index (χ3n) is 6.41. The standard InChI is InChI=1S/C21H23N5O2/c1-26(18-9-12-2-3-13(8-12)21(18)28)20-5-4-15(24-25-20)14-10-16-17(11-19(14)27)23-7-6-22-16/h4-7,10-13,18,21,27-28H,2-3,8-9H2,1H3/t12-,13+,18+,21-/m1/s1. The van der Waals surface area contributed by atoms with E-state index in [4.69, 9.17) is 0 Å². The minimum absolute atomic E-state index is 0.0794. The van der Waals surface area contributed by atoms with Gasteiger partial charge in [0.2, 0.25) is 0 Å². The molecule has 2 aliphatic carbocycles. The largest absolute Gasteiger partial charge is 0.507 e. The quantitative estimate of drug-likeness (QED) is 0.724. The van der Waals surface area contributed by atoms with Crippen LogP contribution in [-0.4, -0.2) is 49.6 Å². The van der Waals surface area contributed by atoms with E-state index in [0.29, 0.717) is 34.1 Å². The Morgan fingerprint density at radius 3 is 2.54 bits per heavy atom. The molecule has 0 spiro atoms. The van der Waals surface area contributed by atoms with Crippen molar-refractivity contribution in [2.75, 3.05) is 11.9 Å². The molecule has 7 nitrogen and oxygen atoms in total. The van der Waals surface area contributed by atoms with Crippen LogP contribution in [0.4, 0.5) is 5.82 Å². The molecule has 7 heteroatoms. The Morgan fingerprint density at radius 2 is 1.79 bits per heavy atom. The Balaban J connectivity index is 1.42. The highest BCUT2D eigenvalue weighted by Crippen LogP contribution is 2.44. The van der Waals surface area contributed by atoms with Crippen LogP contribution in [0, 0.1) is 11.8 Å². The number of anilines is 1. The average molecular weight is 377 g/mol. The molecule has 2 fully saturated rings. The second kappa shape index (κ2) is 6.67. The first-order valence-electron chi connectivity index (χ1n) is 9.79. The average Bonchev–Trinajstić information content (AvgIpc) is 3.13. The summed E-state index contributed by atoms with van der Waals surface area (Å²) in [4.78, 5) is 10.5. The molecular weight excluding hydrogens is 354 g/mol. The summed E-state index contributed by atoms with van der Waals surface area (Å²) in [5, 5.41) is 29.8. The van der Waals surface area contributed by atoms with E-state index in [1.54, 1.807) is 24.5 Å². The van der Waals surface area contributed by atoms with Gasteiger partial charge >= 0.3 is 0 Å². The van der Waals surface area contributed by atoms with Gasteiger partial charge in [0.15, 0.2) is 5.82 Å². The Hall–Kier alpha value is -2.80. The van der Waals surface area contributed by atoms with E-state index in [9.17, 15) is 10.2 Å². The van der Waals surface area contributed by atoms with E-state index >= 15 is 0 Å². The summed E-state index contributed by atoms with van der Waals surface area (Å²) in [6, 6.07) is 7.18. The van der Waals surface area contributed by atoms with Crippen LogP contribution in [-0.2, 0) is 0 Å². The summed E-state index contributed by atoms with van der Waals surface area (Å²) in [7, 11) is 1.98. The smallest absolute Gasteiger partial charge is 0.151 e. The van der Waals surface area contributed by atoms with Crippen LogP contribution in [0.15, 0.2) is 36.7 Å². The fourth-order valence-corrected chi connectivity index (χ4v) is 4.85. The molecule has 2 bridgehead atoms. The van der Waals surface area contributed by atoms with Crippen LogP contribution in [0.3, 0.4) is 0 Å². The highest BCUT2D eigenvalue weighted by Gasteiger charge is 2.42. The van der Waals surface area contributed by atoms with E-state index < -0.39 is 0 Å². The van der Waals surface area contributed by atoms with Gasteiger partial charge in [0.25, 0.3) is 0 Å². The predicted octanol–water partition coefficient (Wildman–Crippen LogP) is 2.78. The first-order chi connectivity index (χ1) is 13.6. The number of likely N-dealkylation sites (N-methyl/N-ethyl adjacent to an activating group) is 1. The van der Waals surface area contributed by atoms with Gasteiger partial charge in [-0.2, -0.15) is 0 Å². The maximum Gasteiger partial charge on any atom is 0.151 e. The second-order valence-corrected chi connectivity index (χ2v) is 8.03. The zero-order chi connectivity index (χ0) is 19.3. The van der Waals surface area contributed by atoms with Crippen molar-refractivity contribution in [2.45, 2.75) is 37.8 Å². The fraction of sp³-hybridized carbons (Fsp3) is 0.429. The molecule has 0 amide bonds. The van der Waals surface area contributed by atoms with Crippen molar-refractivity contribution in [3.63, 3.8) is 0 Å². The lowest BCUT2D eigenvalue weighted by molar-refractivity contribution is 0.0554. The zero-order valence-corrected chi connectivity index (χ0v) is 15.7. The number of phenols is 1. The van der Waals surface area contributed by atoms with Crippen LogP contribution in [0.2, 0.25) is 0 Å². The van der Waals surface area contributed by atoms with E-state index in [1.165, 1.54) is 6.42 Å². The molecule has 28 heavy (non-hydrogen) atoms. The Bertz CT molecular complexity index is 1010. The minimum Gasteiger partial charge on any atom is -0.507 e. The number of hydrogen-bond donors (Lipinski definition) is 2. The summed E-state index contributed by atoms with van der Waals surface area (Å²) in [6.45, 7) is 0. The van der Waals surface area contributed by atoms with Crippen LogP contribution in [0.1, 0.15) is 25.7 Å². The molecule has 2 aliphatic rings. The van der Waals surface area contributed by atoms with E-state index in [-0.39, 0.29) is 17.9 Å². The van der Waals surface area contributed by atoms with Gasteiger partial charge in [-0.15, -0.1) is 10.2 Å². The predicted molar refractivity (Wildman–Crippen MR) is 106 cm³/mol. The minimum atomic E-state index is -0.312. The molecule has 0 unspecified atom stereocenters. The lowest BCUT2D eigenvalue weighted by Gasteiger charge is -2.39. The molecule has 2 heterocycles. The molecule has 2 N–H and O–H groups in total. The van der Waals surface area contributed by atoms with Crippen LogP contribution < -0.4 is 4.90 Å². The van der Waals surface area contributed by atoms with Crippen LogP contribution in [0.5, 0.6) is 5.75 Å². The summed E-state index contributed by atoms with van der Waals surface area (Å²) >= 11 is 0. The summed E-state index contributed by atoms with van der Waals surface area (Å²) in [6.07, 6.45) is 7.41. The van der Waals surface area contributed by atoms with Crippen LogP contribution in [0.25, 0.3) is 22.3 Å². The number of hydrogen-bond acceptors (Lipinski definition) is 7. The van der Waals surface area contributed by atoms with Crippen molar-refractivity contribution in [3.05, 3.63) is 36.7 Å². The SMILES string of the molecule is CN(c1ccc(-c2cc3nccnc3cc2O)nn1)[C@H]1C[C@@H]2CC[C@@H](C2)[C@H]1O. The van der Waals surface area contributed by atoms with Gasteiger partial charge in [0.05, 0.1) is 28.9 Å². The number of fused-ring (bicyclic) bond motifs is 3. The molecule has 2 saturated carbocycles. The summed E-state index contributed by atoms with van der Waals surface area (Å²) < 4.78 is 0. The number of aromatic nitrogens is 4. The van der Waals surface area contributed by atoms with Gasteiger partial charge in [-0.3, -0.25) is 9.97 Å². The van der Waals surface area contributed by atoms with Crippen LogP contribution >= 0.6 is 0 Å². The molecule has 0 saturated heterocycles. The van der Waals surface area contributed by atoms with E-state index in [2.05, 4.69) is 25.1 Å². The number of aliphatic hydroxyl groups excluding tert-OH is 1. The zero-order valence-electron chi connectivity index (χ0n) is 15.7. The van der Waals surface area contributed by atoms with Gasteiger partial charge in [-0.25, -0.2) is 0 Å².